The molecule has 0 aliphatic heterocycles. The Morgan fingerprint density at radius 2 is 2.12 bits per heavy atom. The van der Waals surface area contributed by atoms with E-state index < -0.39 is 5.97 Å². The molecule has 0 aliphatic rings. The number of carboxylic acid groups (broad SMARTS) is 1. The summed E-state index contributed by atoms with van der Waals surface area (Å²) in [6, 6.07) is 4.12. The number of aromatic nitrogens is 2. The maximum atomic E-state index is 10.4. The Hall–Kier alpha value is -1.49. The van der Waals surface area contributed by atoms with Crippen LogP contribution in [-0.4, -0.2) is 26.8 Å². The molecule has 0 aliphatic carbocycles. The SMILES string of the molecule is Cc1cc2nc(CSCC(=O)O)[nH]c2cc1C. The van der Waals surface area contributed by atoms with Crippen LogP contribution in [0.5, 0.6) is 0 Å². The van der Waals surface area contributed by atoms with Gasteiger partial charge in [-0.05, 0) is 37.1 Å². The van der Waals surface area contributed by atoms with Crippen LogP contribution in [0.25, 0.3) is 11.0 Å². The molecule has 0 fully saturated rings. The van der Waals surface area contributed by atoms with Crippen molar-refractivity contribution in [1.82, 2.24) is 9.97 Å². The zero-order valence-electron chi connectivity index (χ0n) is 9.78. The van der Waals surface area contributed by atoms with Gasteiger partial charge >= 0.3 is 5.97 Å². The average molecular weight is 250 g/mol. The van der Waals surface area contributed by atoms with Gasteiger partial charge in [0.2, 0.25) is 0 Å². The minimum atomic E-state index is -0.794. The first-order chi connectivity index (χ1) is 8.06. The predicted molar refractivity (Wildman–Crippen MR) is 69.4 cm³/mol. The van der Waals surface area contributed by atoms with Gasteiger partial charge < -0.3 is 10.1 Å². The van der Waals surface area contributed by atoms with E-state index in [1.807, 2.05) is 6.07 Å². The number of aliphatic carboxylic acids is 1. The third kappa shape index (κ3) is 2.79. The Balaban J connectivity index is 2.17. The summed E-state index contributed by atoms with van der Waals surface area (Å²) in [5, 5.41) is 8.55. The van der Waals surface area contributed by atoms with Crippen molar-refractivity contribution in [1.29, 1.82) is 0 Å². The second-order valence-electron chi connectivity index (χ2n) is 4.02. The molecule has 1 aromatic heterocycles. The number of thioether (sulfide) groups is 1. The number of hydrogen-bond acceptors (Lipinski definition) is 3. The lowest BCUT2D eigenvalue weighted by Gasteiger charge is -1.97. The first-order valence-electron chi connectivity index (χ1n) is 5.31. The molecule has 0 spiro atoms. The van der Waals surface area contributed by atoms with Gasteiger partial charge in [0.15, 0.2) is 0 Å². The van der Waals surface area contributed by atoms with Crippen LogP contribution < -0.4 is 0 Å². The Morgan fingerprint density at radius 3 is 2.82 bits per heavy atom. The van der Waals surface area contributed by atoms with E-state index in [9.17, 15) is 4.79 Å². The quantitative estimate of drug-likeness (QED) is 0.875. The topological polar surface area (TPSA) is 66.0 Å². The van der Waals surface area contributed by atoms with Gasteiger partial charge in [-0.2, -0.15) is 0 Å². The average Bonchev–Trinajstić information content (AvgIpc) is 2.60. The summed E-state index contributed by atoms with van der Waals surface area (Å²) >= 11 is 1.34. The zero-order valence-corrected chi connectivity index (χ0v) is 10.6. The van der Waals surface area contributed by atoms with Crippen molar-refractivity contribution in [2.24, 2.45) is 0 Å². The number of aryl methyl sites for hydroxylation is 2. The molecule has 4 nitrogen and oxygen atoms in total. The van der Waals surface area contributed by atoms with E-state index in [-0.39, 0.29) is 5.75 Å². The zero-order chi connectivity index (χ0) is 12.4. The van der Waals surface area contributed by atoms with Crippen LogP contribution in [0.3, 0.4) is 0 Å². The molecule has 90 valence electrons. The largest absolute Gasteiger partial charge is 0.481 e. The lowest BCUT2D eigenvalue weighted by atomic mass is 10.1. The maximum absolute atomic E-state index is 10.4. The highest BCUT2D eigenvalue weighted by atomic mass is 32.2. The lowest BCUT2D eigenvalue weighted by molar-refractivity contribution is -0.133. The van der Waals surface area contributed by atoms with Crippen molar-refractivity contribution in [2.75, 3.05) is 5.75 Å². The van der Waals surface area contributed by atoms with E-state index in [0.29, 0.717) is 5.75 Å². The molecule has 0 bridgehead atoms. The normalized spacial score (nSPS) is 10.9. The van der Waals surface area contributed by atoms with Gasteiger partial charge in [-0.3, -0.25) is 4.79 Å². The number of fused-ring (bicyclic) bond motifs is 1. The van der Waals surface area contributed by atoms with E-state index >= 15 is 0 Å². The van der Waals surface area contributed by atoms with Gasteiger partial charge in [-0.15, -0.1) is 11.8 Å². The van der Waals surface area contributed by atoms with Gasteiger partial charge in [0.25, 0.3) is 0 Å². The number of benzene rings is 1. The number of H-pyrrole nitrogens is 1. The fourth-order valence-corrected chi connectivity index (χ4v) is 2.23. The van der Waals surface area contributed by atoms with Crippen molar-refractivity contribution < 1.29 is 9.90 Å². The van der Waals surface area contributed by atoms with Gasteiger partial charge in [0, 0.05) is 0 Å². The Bertz CT molecular complexity index is 524. The molecule has 2 N–H and O–H groups in total. The number of nitrogens with one attached hydrogen (secondary N) is 1. The minimum absolute atomic E-state index is 0.106. The van der Waals surface area contributed by atoms with Crippen LogP contribution in [0.1, 0.15) is 17.0 Å². The summed E-state index contributed by atoms with van der Waals surface area (Å²) < 4.78 is 0. The van der Waals surface area contributed by atoms with Crippen molar-refractivity contribution in [3.63, 3.8) is 0 Å². The second kappa shape index (κ2) is 4.79. The van der Waals surface area contributed by atoms with E-state index in [2.05, 4.69) is 29.9 Å². The van der Waals surface area contributed by atoms with Crippen LogP contribution >= 0.6 is 11.8 Å². The Morgan fingerprint density at radius 1 is 1.41 bits per heavy atom. The molecule has 2 rings (SSSR count). The molecule has 17 heavy (non-hydrogen) atoms. The summed E-state index contributed by atoms with van der Waals surface area (Å²) in [6.45, 7) is 4.12. The van der Waals surface area contributed by atoms with Crippen LogP contribution in [0.4, 0.5) is 0 Å². The summed E-state index contributed by atoms with van der Waals surface area (Å²) in [5.41, 5.74) is 4.40. The predicted octanol–water partition coefficient (Wildman–Crippen LogP) is 2.50. The van der Waals surface area contributed by atoms with Crippen LogP contribution in [0.15, 0.2) is 12.1 Å². The number of hydrogen-bond donors (Lipinski definition) is 2. The van der Waals surface area contributed by atoms with Crippen LogP contribution in [0.2, 0.25) is 0 Å². The molecule has 0 amide bonds. The highest BCUT2D eigenvalue weighted by Gasteiger charge is 2.05. The van der Waals surface area contributed by atoms with E-state index in [1.165, 1.54) is 22.9 Å². The molecule has 1 heterocycles. The summed E-state index contributed by atoms with van der Waals surface area (Å²) in [5.74, 6) is 0.739. The van der Waals surface area contributed by atoms with Crippen LogP contribution in [0, 0.1) is 13.8 Å². The molecule has 0 saturated heterocycles. The van der Waals surface area contributed by atoms with Gasteiger partial charge in [0.1, 0.15) is 5.82 Å². The summed E-state index contributed by atoms with van der Waals surface area (Å²) in [6.07, 6.45) is 0. The van der Waals surface area contributed by atoms with Gasteiger partial charge in [-0.25, -0.2) is 4.98 Å². The summed E-state index contributed by atoms with van der Waals surface area (Å²) in [7, 11) is 0. The van der Waals surface area contributed by atoms with Crippen molar-refractivity contribution in [2.45, 2.75) is 19.6 Å². The highest BCUT2D eigenvalue weighted by Crippen LogP contribution is 2.19. The Kier molecular flexibility index (Phi) is 3.38. The smallest absolute Gasteiger partial charge is 0.313 e. The fraction of sp³-hybridized carbons (Fsp3) is 0.333. The van der Waals surface area contributed by atoms with Crippen molar-refractivity contribution in [3.8, 4) is 0 Å². The number of carboxylic acids is 1. The number of carbonyl (C=O) groups is 1. The van der Waals surface area contributed by atoms with Crippen LogP contribution in [-0.2, 0) is 10.5 Å². The molecular weight excluding hydrogens is 236 g/mol. The maximum Gasteiger partial charge on any atom is 0.313 e. The molecule has 1 aromatic carbocycles. The molecule has 0 radical (unpaired) electrons. The third-order valence-electron chi connectivity index (χ3n) is 2.61. The number of imidazole rings is 1. The molecule has 0 saturated carbocycles. The lowest BCUT2D eigenvalue weighted by Crippen LogP contribution is -1.98. The van der Waals surface area contributed by atoms with Crippen molar-refractivity contribution in [3.05, 3.63) is 29.1 Å². The second-order valence-corrected chi connectivity index (χ2v) is 5.01. The molecule has 2 aromatic rings. The minimum Gasteiger partial charge on any atom is -0.481 e. The Labute approximate surface area is 103 Å². The highest BCUT2D eigenvalue weighted by molar-refractivity contribution is 7.99. The van der Waals surface area contributed by atoms with Gasteiger partial charge in [-0.1, -0.05) is 0 Å². The first-order valence-corrected chi connectivity index (χ1v) is 6.47. The molecular formula is C12H14N2O2S. The number of nitrogens with zero attached hydrogens (tertiary/aromatic N) is 1. The third-order valence-corrected chi connectivity index (χ3v) is 3.54. The number of aromatic amines is 1. The van der Waals surface area contributed by atoms with Crippen molar-refractivity contribution >= 4 is 28.8 Å². The first kappa shape index (κ1) is 12.0. The van der Waals surface area contributed by atoms with E-state index in [4.69, 9.17) is 5.11 Å². The van der Waals surface area contributed by atoms with Gasteiger partial charge in [0.05, 0.1) is 22.5 Å². The van der Waals surface area contributed by atoms with E-state index in [1.54, 1.807) is 0 Å². The molecule has 0 atom stereocenters. The molecule has 0 unspecified atom stereocenters. The fourth-order valence-electron chi connectivity index (χ4n) is 1.63. The molecule has 5 heteroatoms. The summed E-state index contributed by atoms with van der Waals surface area (Å²) in [4.78, 5) is 18.1. The monoisotopic (exact) mass is 250 g/mol. The number of rotatable bonds is 4. The van der Waals surface area contributed by atoms with E-state index in [0.717, 1.165) is 16.9 Å². The standard InChI is InChI=1S/C12H14N2O2S/c1-7-3-9-10(4-8(7)2)14-11(13-9)5-17-6-12(15)16/h3-4H,5-6H2,1-2H3,(H,13,14)(H,15,16).